The van der Waals surface area contributed by atoms with E-state index in [9.17, 15) is 32.7 Å². The molecule has 3 aliphatic rings. The third kappa shape index (κ3) is 7.10. The Morgan fingerprint density at radius 1 is 1.19 bits per heavy atom. The summed E-state index contributed by atoms with van der Waals surface area (Å²) in [5, 5.41) is 22.4. The highest BCUT2D eigenvalue weighted by molar-refractivity contribution is 6.33. The van der Waals surface area contributed by atoms with E-state index in [0.717, 1.165) is 23.8 Å². The highest BCUT2D eigenvalue weighted by Crippen LogP contribution is 2.50. The lowest BCUT2D eigenvalue weighted by molar-refractivity contribution is -0.137. The van der Waals surface area contributed by atoms with Crippen molar-refractivity contribution in [2.24, 2.45) is 0 Å². The molecule has 6 heterocycles. The maximum atomic E-state index is 14.6. The van der Waals surface area contributed by atoms with Crippen LogP contribution in [-0.2, 0) is 38.9 Å². The van der Waals surface area contributed by atoms with Gasteiger partial charge in [-0.15, -0.1) is 5.10 Å². The van der Waals surface area contributed by atoms with Crippen LogP contribution in [0.2, 0.25) is 5.02 Å². The van der Waals surface area contributed by atoms with Crippen LogP contribution in [0.4, 0.5) is 18.9 Å². The van der Waals surface area contributed by atoms with E-state index >= 15 is 0 Å². The second-order valence-corrected chi connectivity index (χ2v) is 15.1. The predicted molar refractivity (Wildman–Crippen MR) is 202 cm³/mol. The summed E-state index contributed by atoms with van der Waals surface area (Å²) in [6, 6.07) is 2.66. The van der Waals surface area contributed by atoms with Crippen LogP contribution in [0.3, 0.4) is 0 Å². The zero-order chi connectivity index (χ0) is 40.9. The maximum Gasteiger partial charge on any atom is 0.416 e. The Hall–Kier alpha value is -5.66. The Morgan fingerprint density at radius 2 is 1.98 bits per heavy atom. The van der Waals surface area contributed by atoms with Crippen LogP contribution in [0.5, 0.6) is 5.75 Å². The van der Waals surface area contributed by atoms with Crippen LogP contribution in [0.25, 0.3) is 22.6 Å². The molecule has 1 fully saturated rings. The van der Waals surface area contributed by atoms with E-state index in [1.807, 2.05) is 13.0 Å². The number of carbonyl (C=O) groups excluding carboxylic acids is 2. The summed E-state index contributed by atoms with van der Waals surface area (Å²) in [6.45, 7) is 3.79. The Balaban J connectivity index is 1.10. The van der Waals surface area contributed by atoms with Gasteiger partial charge in [-0.25, -0.2) is 9.97 Å². The number of hydrogen-bond donors (Lipinski definition) is 2. The first-order chi connectivity index (χ1) is 27.8. The lowest BCUT2D eigenvalue weighted by atomic mass is 9.73. The number of piperidine rings is 1. The van der Waals surface area contributed by atoms with Gasteiger partial charge in [-0.1, -0.05) is 24.6 Å². The van der Waals surface area contributed by atoms with Crippen molar-refractivity contribution in [3.63, 3.8) is 0 Å². The molecule has 1 atom stereocenters. The number of hydrogen-bond acceptors (Lipinski definition) is 11. The van der Waals surface area contributed by atoms with Gasteiger partial charge in [0.25, 0.3) is 11.5 Å². The molecule has 58 heavy (non-hydrogen) atoms. The van der Waals surface area contributed by atoms with Gasteiger partial charge < -0.3 is 29.4 Å². The highest BCUT2D eigenvalue weighted by Gasteiger charge is 2.49. The Bertz CT molecular complexity index is 2520. The van der Waals surface area contributed by atoms with Gasteiger partial charge in [0.05, 0.1) is 48.8 Å². The molecule has 2 amide bonds. The van der Waals surface area contributed by atoms with Crippen LogP contribution in [0.15, 0.2) is 47.8 Å². The van der Waals surface area contributed by atoms with E-state index in [2.05, 4.69) is 25.5 Å². The van der Waals surface area contributed by atoms with E-state index in [4.69, 9.17) is 26.1 Å². The number of likely N-dealkylation sites (tertiary alicyclic amines) is 1. The number of benzene rings is 1. The molecule has 1 aliphatic carbocycles. The number of fused-ring (bicyclic) bond motifs is 3. The van der Waals surface area contributed by atoms with Gasteiger partial charge in [0.15, 0.2) is 17.3 Å². The van der Waals surface area contributed by atoms with Crippen LogP contribution in [0, 0.1) is 0 Å². The summed E-state index contributed by atoms with van der Waals surface area (Å²) in [7, 11) is 1.58. The Morgan fingerprint density at radius 3 is 2.69 bits per heavy atom. The third-order valence-electron chi connectivity index (χ3n) is 11.1. The minimum Gasteiger partial charge on any atom is -0.504 e. The first-order valence-electron chi connectivity index (χ1n) is 18.6. The van der Waals surface area contributed by atoms with Crippen molar-refractivity contribution in [2.45, 2.75) is 63.2 Å². The number of amides is 2. The fraction of sp³-hybridized carbons (Fsp3) is 0.421. The molecule has 304 valence electrons. The van der Waals surface area contributed by atoms with Gasteiger partial charge in [-0.05, 0) is 55.4 Å². The topological polar surface area (TPSA) is 184 Å². The van der Waals surface area contributed by atoms with E-state index in [1.165, 1.54) is 17.0 Å². The van der Waals surface area contributed by atoms with Gasteiger partial charge in [0, 0.05) is 48.6 Å². The van der Waals surface area contributed by atoms with Crippen molar-refractivity contribution >= 4 is 40.5 Å². The number of rotatable bonds is 9. The average molecular weight is 823 g/mol. The molecule has 0 radical (unpaired) electrons. The fourth-order valence-electron chi connectivity index (χ4n) is 8.30. The molecule has 1 unspecified atom stereocenters. The Kier molecular flexibility index (Phi) is 10.3. The zero-order valence-electron chi connectivity index (χ0n) is 31.4. The van der Waals surface area contributed by atoms with E-state index in [-0.39, 0.29) is 64.7 Å². The first kappa shape index (κ1) is 39.2. The molecule has 20 heteroatoms. The number of aromatic hydroxyl groups is 1. The number of nitrogens with zero attached hydrogens (tertiary/aromatic N) is 9. The molecular weight excluding hydrogens is 785 g/mol. The molecule has 2 aliphatic heterocycles. The molecule has 5 aromatic rings. The lowest BCUT2D eigenvalue weighted by Crippen LogP contribution is -2.46. The number of halogens is 4. The summed E-state index contributed by atoms with van der Waals surface area (Å²) in [4.78, 5) is 56.9. The molecule has 2 N–H and O–H groups in total. The summed E-state index contributed by atoms with van der Waals surface area (Å²) >= 11 is 6.17. The molecule has 0 saturated carbocycles. The van der Waals surface area contributed by atoms with Gasteiger partial charge >= 0.3 is 6.18 Å². The number of carbonyl (C=O) groups is 2. The third-order valence-corrected chi connectivity index (χ3v) is 11.4. The van der Waals surface area contributed by atoms with E-state index in [1.54, 1.807) is 27.5 Å². The van der Waals surface area contributed by atoms with Crippen LogP contribution in [0.1, 0.15) is 71.7 Å². The first-order valence-corrected chi connectivity index (χ1v) is 19.0. The van der Waals surface area contributed by atoms with Gasteiger partial charge in [0.1, 0.15) is 18.6 Å². The molecule has 16 nitrogen and oxygen atoms in total. The van der Waals surface area contributed by atoms with Crippen molar-refractivity contribution in [1.29, 1.82) is 0 Å². The van der Waals surface area contributed by atoms with Crippen molar-refractivity contribution in [1.82, 2.24) is 43.8 Å². The van der Waals surface area contributed by atoms with E-state index in [0.29, 0.717) is 74.7 Å². The number of anilines is 1. The maximum absolute atomic E-state index is 14.6. The van der Waals surface area contributed by atoms with Crippen LogP contribution < -0.4 is 10.9 Å². The van der Waals surface area contributed by atoms with E-state index < -0.39 is 29.0 Å². The number of alkyl halides is 3. The molecule has 0 bridgehead atoms. The zero-order valence-corrected chi connectivity index (χ0v) is 32.2. The molecule has 1 spiro atoms. The number of aromatic nitrogens is 8. The lowest BCUT2D eigenvalue weighted by Gasteiger charge is -2.39. The van der Waals surface area contributed by atoms with Crippen LogP contribution >= 0.6 is 11.6 Å². The van der Waals surface area contributed by atoms with Gasteiger partial charge in [0.2, 0.25) is 11.7 Å². The second-order valence-electron chi connectivity index (χ2n) is 14.7. The summed E-state index contributed by atoms with van der Waals surface area (Å²) < 4.78 is 54.9. The number of ether oxygens (including phenoxy) is 2. The van der Waals surface area contributed by atoms with Crippen LogP contribution in [-0.4, -0.2) is 101 Å². The molecule has 1 saturated heterocycles. The number of nitrogens with one attached hydrogen (secondary N) is 1. The Labute approximate surface area is 333 Å². The smallest absolute Gasteiger partial charge is 0.416 e. The predicted octanol–water partition coefficient (Wildman–Crippen LogP) is 4.69. The summed E-state index contributed by atoms with van der Waals surface area (Å²) in [5.74, 6) is -1.26. The van der Waals surface area contributed by atoms with Crippen molar-refractivity contribution in [3.05, 3.63) is 86.7 Å². The summed E-state index contributed by atoms with van der Waals surface area (Å²) in [6.07, 6.45) is 3.48. The largest absolute Gasteiger partial charge is 0.504 e. The highest BCUT2D eigenvalue weighted by atomic mass is 35.5. The van der Waals surface area contributed by atoms with Crippen molar-refractivity contribution in [3.8, 4) is 17.0 Å². The molecular formula is C38H38ClF3N10O6. The van der Waals surface area contributed by atoms with Gasteiger partial charge in [-0.2, -0.15) is 27.8 Å². The van der Waals surface area contributed by atoms with Gasteiger partial charge in [-0.3, -0.25) is 19.1 Å². The molecule has 8 rings (SSSR count). The second kappa shape index (κ2) is 15.3. The average Bonchev–Trinajstić information content (AvgIpc) is 3.93. The summed E-state index contributed by atoms with van der Waals surface area (Å²) in [5.41, 5.74) is 0.293. The normalized spacial score (nSPS) is 17.8. The molecule has 1 aromatic carbocycles. The quantitative estimate of drug-likeness (QED) is 0.210. The SMILES string of the molecule is COCCn1cc(-c2ncnc(C(=O)N3CCC4(CC3)CC(C)c3c4c(=O)n4nc(C5=CCOCC5)nc4n3CC(=O)Nc3ccc(C(F)(F)F)cc3Cl)c2O)cn1. The minimum absolute atomic E-state index is 0.0107. The van der Waals surface area contributed by atoms with Crippen molar-refractivity contribution in [2.75, 3.05) is 45.3 Å². The fourth-order valence-corrected chi connectivity index (χ4v) is 8.53. The van der Waals surface area contributed by atoms with Crippen molar-refractivity contribution < 1.29 is 37.3 Å². The standard InChI is InChI=1S/C38H38ClF3N10O6/c1-21-16-37(7-9-49(10-8-37)35(56)30-32(54)29(43-20-44-30)23-17-45-50(18-23)11-14-57-2)28-31(21)51(19-27(53)46-26-4-3-24(15-25(26)39)38(40,41)42)36-47-33(48-52(36)34(28)55)22-5-12-58-13-6-22/h3-5,15,17-18,20-21,54H,6-14,16,19H2,1-2H3,(H,46,53). The monoisotopic (exact) mass is 822 g/mol. The minimum atomic E-state index is -4.62. The molecule has 4 aromatic heterocycles. The number of methoxy groups -OCH3 is 1.